The van der Waals surface area contributed by atoms with E-state index in [0.29, 0.717) is 19.6 Å². The van der Waals surface area contributed by atoms with Crippen LogP contribution in [0.4, 0.5) is 0 Å². The Hall–Kier alpha value is -1.56. The molecule has 0 saturated carbocycles. The summed E-state index contributed by atoms with van der Waals surface area (Å²) in [4.78, 5) is 14.4. The molecular weight excluding hydrogens is 335 g/mol. The second kappa shape index (κ2) is 11.0. The van der Waals surface area contributed by atoms with Crippen molar-refractivity contribution in [3.8, 4) is 0 Å². The summed E-state index contributed by atoms with van der Waals surface area (Å²) < 4.78 is 1.67. The molecule has 1 atom stereocenters. The van der Waals surface area contributed by atoms with E-state index in [1.54, 1.807) is 17.1 Å². The molecule has 0 aliphatic carbocycles. The zero-order chi connectivity index (χ0) is 15.1. The van der Waals surface area contributed by atoms with Gasteiger partial charge in [-0.1, -0.05) is 30.3 Å². The van der Waals surface area contributed by atoms with Crippen LogP contribution in [0.1, 0.15) is 18.5 Å². The second-order valence-electron chi connectivity index (χ2n) is 5.01. The number of aromatic nitrogens is 2. The first-order valence-corrected chi connectivity index (χ1v) is 7.24. The van der Waals surface area contributed by atoms with Crippen molar-refractivity contribution >= 4 is 30.7 Å². The Morgan fingerprint density at radius 3 is 2.48 bits per heavy atom. The molecule has 1 aromatic heterocycles. The highest BCUT2D eigenvalue weighted by molar-refractivity contribution is 5.85. The number of nitrogens with zero attached hydrogens (tertiary/aromatic N) is 3. The number of amides is 1. The van der Waals surface area contributed by atoms with Crippen LogP contribution in [0.2, 0.25) is 0 Å². The second-order valence-corrected chi connectivity index (χ2v) is 5.01. The van der Waals surface area contributed by atoms with E-state index in [1.165, 1.54) is 5.56 Å². The highest BCUT2D eigenvalue weighted by Gasteiger charge is 2.21. The van der Waals surface area contributed by atoms with Crippen molar-refractivity contribution in [2.45, 2.75) is 19.4 Å². The van der Waals surface area contributed by atoms with Crippen molar-refractivity contribution in [1.82, 2.24) is 14.7 Å². The maximum Gasteiger partial charge on any atom is 0.247 e. The third-order valence-electron chi connectivity index (χ3n) is 3.50. The van der Waals surface area contributed by atoms with E-state index in [-0.39, 0.29) is 36.8 Å². The summed E-state index contributed by atoms with van der Waals surface area (Å²) in [5, 5.41) is 4.14. The molecule has 0 saturated heterocycles. The van der Waals surface area contributed by atoms with Gasteiger partial charge in [0.2, 0.25) is 5.91 Å². The molecule has 0 fully saturated rings. The molecular formula is C16H24Cl2N4O. The van der Waals surface area contributed by atoms with Gasteiger partial charge in [-0.05, 0) is 25.0 Å². The van der Waals surface area contributed by atoms with Crippen LogP contribution in [0.3, 0.4) is 0 Å². The van der Waals surface area contributed by atoms with E-state index < -0.39 is 0 Å². The number of rotatable bonds is 7. The summed E-state index contributed by atoms with van der Waals surface area (Å²) in [5.74, 6) is 0.0556. The molecule has 2 N–H and O–H groups in total. The Kier molecular flexibility index (Phi) is 10.3. The largest absolute Gasteiger partial charge is 0.339 e. The van der Waals surface area contributed by atoms with Gasteiger partial charge in [0.25, 0.3) is 0 Å². The topological polar surface area (TPSA) is 64.2 Å². The number of carbonyl (C=O) groups excluding carboxylic acids is 1. The van der Waals surface area contributed by atoms with Gasteiger partial charge in [-0.15, -0.1) is 24.8 Å². The van der Waals surface area contributed by atoms with Gasteiger partial charge in [-0.2, -0.15) is 5.10 Å². The van der Waals surface area contributed by atoms with Gasteiger partial charge in [-0.3, -0.25) is 9.48 Å². The molecule has 0 aliphatic rings. The van der Waals surface area contributed by atoms with E-state index in [0.717, 1.165) is 6.42 Å². The Bertz CT molecular complexity index is 548. The summed E-state index contributed by atoms with van der Waals surface area (Å²) >= 11 is 0. The van der Waals surface area contributed by atoms with Crippen LogP contribution >= 0.6 is 24.8 Å². The van der Waals surface area contributed by atoms with Crippen molar-refractivity contribution in [2.75, 3.05) is 19.6 Å². The first kappa shape index (κ1) is 21.4. The summed E-state index contributed by atoms with van der Waals surface area (Å²) in [6.45, 7) is 3.57. The van der Waals surface area contributed by atoms with Crippen LogP contribution in [0.25, 0.3) is 0 Å². The smallest absolute Gasteiger partial charge is 0.247 e. The molecule has 7 heteroatoms. The van der Waals surface area contributed by atoms with Crippen molar-refractivity contribution in [3.63, 3.8) is 0 Å². The Morgan fingerprint density at radius 2 is 1.91 bits per heavy atom. The van der Waals surface area contributed by atoms with E-state index in [1.807, 2.05) is 36.1 Å². The molecule has 1 heterocycles. The van der Waals surface area contributed by atoms with E-state index in [4.69, 9.17) is 5.73 Å². The number of benzene rings is 1. The normalized spacial score (nSPS) is 11.0. The average Bonchev–Trinajstić information content (AvgIpc) is 3.05. The standard InChI is InChI=1S/C16H22N4O.2ClH/c1-14(20-11-5-10-18-20)16(21)19(13-9-17)12-8-15-6-3-2-4-7-15;;/h2-7,10-11,14H,8-9,12-13,17H2,1H3;2*1H. The van der Waals surface area contributed by atoms with Gasteiger partial charge in [0.05, 0.1) is 0 Å². The Morgan fingerprint density at radius 1 is 1.22 bits per heavy atom. The van der Waals surface area contributed by atoms with Gasteiger partial charge < -0.3 is 10.6 Å². The molecule has 128 valence electrons. The van der Waals surface area contributed by atoms with Crippen LogP contribution in [0, 0.1) is 0 Å². The van der Waals surface area contributed by atoms with Gasteiger partial charge >= 0.3 is 0 Å². The highest BCUT2D eigenvalue weighted by atomic mass is 35.5. The van der Waals surface area contributed by atoms with Crippen molar-refractivity contribution in [3.05, 3.63) is 54.4 Å². The molecule has 2 aromatic rings. The van der Waals surface area contributed by atoms with E-state index >= 15 is 0 Å². The van der Waals surface area contributed by atoms with Crippen LogP contribution < -0.4 is 5.73 Å². The molecule has 2 rings (SSSR count). The lowest BCUT2D eigenvalue weighted by molar-refractivity contribution is -0.134. The lowest BCUT2D eigenvalue weighted by Crippen LogP contribution is -2.40. The molecule has 1 unspecified atom stereocenters. The monoisotopic (exact) mass is 358 g/mol. The first-order chi connectivity index (χ1) is 10.2. The van der Waals surface area contributed by atoms with Crippen molar-refractivity contribution < 1.29 is 4.79 Å². The fraction of sp³-hybridized carbons (Fsp3) is 0.375. The molecule has 0 aliphatic heterocycles. The fourth-order valence-corrected chi connectivity index (χ4v) is 2.28. The summed E-state index contributed by atoms with van der Waals surface area (Å²) in [6.07, 6.45) is 4.32. The zero-order valence-electron chi connectivity index (χ0n) is 13.2. The number of nitrogens with two attached hydrogens (primary N) is 1. The zero-order valence-corrected chi connectivity index (χ0v) is 14.8. The molecule has 5 nitrogen and oxygen atoms in total. The van der Waals surface area contributed by atoms with E-state index in [2.05, 4.69) is 17.2 Å². The first-order valence-electron chi connectivity index (χ1n) is 7.24. The minimum Gasteiger partial charge on any atom is -0.339 e. The Balaban J connectivity index is 0.00000242. The van der Waals surface area contributed by atoms with E-state index in [9.17, 15) is 4.79 Å². The third-order valence-corrected chi connectivity index (χ3v) is 3.50. The predicted octanol–water partition coefficient (Wildman–Crippen LogP) is 2.32. The minimum atomic E-state index is -0.303. The van der Waals surface area contributed by atoms with Crippen LogP contribution in [0.5, 0.6) is 0 Å². The van der Waals surface area contributed by atoms with Gasteiger partial charge in [0.1, 0.15) is 6.04 Å². The highest BCUT2D eigenvalue weighted by Crippen LogP contribution is 2.10. The summed E-state index contributed by atoms with van der Waals surface area (Å²) in [6, 6.07) is 11.7. The number of hydrogen-bond acceptors (Lipinski definition) is 3. The molecule has 23 heavy (non-hydrogen) atoms. The van der Waals surface area contributed by atoms with Crippen molar-refractivity contribution in [2.24, 2.45) is 5.73 Å². The lowest BCUT2D eigenvalue weighted by atomic mass is 10.1. The number of carbonyl (C=O) groups is 1. The number of hydrogen-bond donors (Lipinski definition) is 1. The number of halogens is 2. The van der Waals surface area contributed by atoms with Gasteiger partial charge in [-0.25, -0.2) is 0 Å². The van der Waals surface area contributed by atoms with Crippen LogP contribution in [-0.4, -0.2) is 40.2 Å². The van der Waals surface area contributed by atoms with Gasteiger partial charge in [0.15, 0.2) is 0 Å². The fourth-order valence-electron chi connectivity index (χ4n) is 2.28. The molecule has 1 amide bonds. The SMILES string of the molecule is CC(C(=O)N(CCN)CCc1ccccc1)n1cccn1.Cl.Cl. The third kappa shape index (κ3) is 6.22. The lowest BCUT2D eigenvalue weighted by Gasteiger charge is -2.25. The van der Waals surface area contributed by atoms with Crippen LogP contribution in [-0.2, 0) is 11.2 Å². The summed E-state index contributed by atoms with van der Waals surface area (Å²) in [5.41, 5.74) is 6.86. The molecule has 0 bridgehead atoms. The Labute approximate surface area is 149 Å². The predicted molar refractivity (Wildman–Crippen MR) is 97.2 cm³/mol. The maximum atomic E-state index is 12.6. The van der Waals surface area contributed by atoms with Crippen LogP contribution in [0.15, 0.2) is 48.8 Å². The summed E-state index contributed by atoms with van der Waals surface area (Å²) in [7, 11) is 0. The molecule has 0 radical (unpaired) electrons. The van der Waals surface area contributed by atoms with Gasteiger partial charge in [0, 0.05) is 32.0 Å². The average molecular weight is 359 g/mol. The quantitative estimate of drug-likeness (QED) is 0.825. The van der Waals surface area contributed by atoms with Crippen molar-refractivity contribution in [1.29, 1.82) is 0 Å². The minimum absolute atomic E-state index is 0. The molecule has 1 aromatic carbocycles. The maximum absolute atomic E-state index is 12.6. The molecule has 0 spiro atoms.